The van der Waals surface area contributed by atoms with Gasteiger partial charge in [0.25, 0.3) is 0 Å². The zero-order valence-electron chi connectivity index (χ0n) is 14.5. The highest BCUT2D eigenvalue weighted by molar-refractivity contribution is 7.90. The number of hydrogen-bond donors (Lipinski definition) is 0. The molecule has 0 saturated heterocycles. The normalized spacial score (nSPS) is 11.7. The predicted octanol–water partition coefficient (Wildman–Crippen LogP) is 3.51. The van der Waals surface area contributed by atoms with E-state index in [1.165, 1.54) is 6.26 Å². The summed E-state index contributed by atoms with van der Waals surface area (Å²) in [6, 6.07) is 15.2. The third kappa shape index (κ3) is 5.08. The van der Waals surface area contributed by atoms with Crippen molar-refractivity contribution in [2.45, 2.75) is 31.8 Å². The van der Waals surface area contributed by atoms with Gasteiger partial charge in [-0.3, -0.25) is 4.90 Å². The highest BCUT2D eigenvalue weighted by Gasteiger charge is 2.10. The molecule has 0 fully saturated rings. The first kappa shape index (κ1) is 18.5. The van der Waals surface area contributed by atoms with Crippen LogP contribution >= 0.6 is 0 Å². The summed E-state index contributed by atoms with van der Waals surface area (Å²) in [5, 5.41) is 0. The maximum Gasteiger partial charge on any atom is 0.175 e. The van der Waals surface area contributed by atoms with Crippen molar-refractivity contribution in [1.29, 1.82) is 0 Å². The Morgan fingerprint density at radius 1 is 0.958 bits per heavy atom. The number of para-hydroxylation sites is 1. The van der Waals surface area contributed by atoms with Crippen LogP contribution in [0.1, 0.15) is 25.0 Å². The summed E-state index contributed by atoms with van der Waals surface area (Å²) in [4.78, 5) is 2.66. The Morgan fingerprint density at radius 3 is 2.21 bits per heavy atom. The summed E-state index contributed by atoms with van der Waals surface area (Å²) >= 11 is 0. The molecule has 24 heavy (non-hydrogen) atoms. The van der Waals surface area contributed by atoms with Gasteiger partial charge >= 0.3 is 0 Å². The Labute approximate surface area is 145 Å². The molecule has 130 valence electrons. The summed E-state index contributed by atoms with van der Waals surface area (Å²) in [5.74, 6) is 0.922. The van der Waals surface area contributed by atoms with Crippen LogP contribution in [0.4, 0.5) is 0 Å². The maximum atomic E-state index is 11.5. The fraction of sp³-hybridized carbons (Fsp3) is 0.368. The molecule has 2 rings (SSSR count). The van der Waals surface area contributed by atoms with Crippen LogP contribution in [0.5, 0.6) is 5.75 Å². The first-order chi connectivity index (χ1) is 11.4. The fourth-order valence-electron chi connectivity index (χ4n) is 2.55. The number of ether oxygens (including phenoxy) is 1. The molecule has 4 nitrogen and oxygen atoms in total. The van der Waals surface area contributed by atoms with Crippen LogP contribution in [0.2, 0.25) is 0 Å². The predicted molar refractivity (Wildman–Crippen MR) is 97.0 cm³/mol. The lowest BCUT2D eigenvalue weighted by Gasteiger charge is -2.22. The topological polar surface area (TPSA) is 46.6 Å². The second-order valence-electron chi connectivity index (χ2n) is 5.76. The second-order valence-corrected chi connectivity index (χ2v) is 7.78. The molecule has 0 heterocycles. The van der Waals surface area contributed by atoms with Gasteiger partial charge in [-0.15, -0.1) is 0 Å². The van der Waals surface area contributed by atoms with Crippen molar-refractivity contribution in [3.8, 4) is 5.75 Å². The van der Waals surface area contributed by atoms with Gasteiger partial charge in [0.15, 0.2) is 9.84 Å². The van der Waals surface area contributed by atoms with E-state index in [-0.39, 0.29) is 0 Å². The molecule has 0 aliphatic rings. The molecule has 0 N–H and O–H groups in total. The molecule has 0 bridgehead atoms. The van der Waals surface area contributed by atoms with Gasteiger partial charge in [-0.05, 0) is 37.2 Å². The molecular formula is C19H25NO3S. The lowest BCUT2D eigenvalue weighted by Crippen LogP contribution is -2.22. The summed E-state index contributed by atoms with van der Waals surface area (Å²) in [5.41, 5.74) is 2.26. The highest BCUT2D eigenvalue weighted by atomic mass is 32.2. The quantitative estimate of drug-likeness (QED) is 0.733. The highest BCUT2D eigenvalue weighted by Crippen LogP contribution is 2.21. The average molecular weight is 347 g/mol. The zero-order valence-corrected chi connectivity index (χ0v) is 15.3. The Kier molecular flexibility index (Phi) is 6.40. The average Bonchev–Trinajstić information content (AvgIpc) is 2.56. The van der Waals surface area contributed by atoms with Crippen molar-refractivity contribution < 1.29 is 13.2 Å². The Hall–Kier alpha value is -1.85. The van der Waals surface area contributed by atoms with E-state index in [1.54, 1.807) is 12.1 Å². The van der Waals surface area contributed by atoms with Crippen molar-refractivity contribution in [3.63, 3.8) is 0 Å². The van der Waals surface area contributed by atoms with E-state index in [9.17, 15) is 8.42 Å². The van der Waals surface area contributed by atoms with Crippen LogP contribution in [-0.4, -0.2) is 32.7 Å². The van der Waals surface area contributed by atoms with Gasteiger partial charge in [0.2, 0.25) is 0 Å². The Bertz CT molecular complexity index is 754. The number of hydrogen-bond acceptors (Lipinski definition) is 4. The van der Waals surface area contributed by atoms with Gasteiger partial charge in [-0.2, -0.15) is 0 Å². The van der Waals surface area contributed by atoms with Crippen LogP contribution in [-0.2, 0) is 22.9 Å². The lowest BCUT2D eigenvalue weighted by atomic mass is 10.1. The third-order valence-corrected chi connectivity index (χ3v) is 5.00. The first-order valence-corrected chi connectivity index (χ1v) is 10.0. The molecule has 0 unspecified atom stereocenters. The van der Waals surface area contributed by atoms with E-state index in [1.807, 2.05) is 37.3 Å². The fourth-order valence-corrected chi connectivity index (χ4v) is 3.18. The van der Waals surface area contributed by atoms with Gasteiger partial charge in [0, 0.05) is 24.9 Å². The van der Waals surface area contributed by atoms with Gasteiger partial charge in [0.1, 0.15) is 5.75 Å². The number of nitrogens with zero attached hydrogens (tertiary/aromatic N) is 1. The molecule has 0 aromatic heterocycles. The molecule has 0 amide bonds. The molecule has 0 atom stereocenters. The second kappa shape index (κ2) is 8.31. The molecule has 0 saturated carbocycles. The minimum atomic E-state index is -3.14. The summed E-state index contributed by atoms with van der Waals surface area (Å²) < 4.78 is 28.8. The first-order valence-electron chi connectivity index (χ1n) is 8.16. The molecule has 0 spiro atoms. The minimum absolute atomic E-state index is 0.357. The molecule has 5 heteroatoms. The molecule has 2 aromatic rings. The van der Waals surface area contributed by atoms with E-state index in [0.29, 0.717) is 11.5 Å². The van der Waals surface area contributed by atoms with E-state index in [2.05, 4.69) is 17.9 Å². The summed E-state index contributed by atoms with van der Waals surface area (Å²) in [7, 11) is -3.14. The van der Waals surface area contributed by atoms with Crippen molar-refractivity contribution in [3.05, 3.63) is 59.7 Å². The lowest BCUT2D eigenvalue weighted by molar-refractivity contribution is 0.262. The van der Waals surface area contributed by atoms with Gasteiger partial charge < -0.3 is 4.74 Å². The van der Waals surface area contributed by atoms with Crippen LogP contribution in [0, 0.1) is 0 Å². The van der Waals surface area contributed by atoms with Gasteiger partial charge in [-0.25, -0.2) is 8.42 Å². The van der Waals surface area contributed by atoms with E-state index >= 15 is 0 Å². The number of sulfone groups is 1. The van der Waals surface area contributed by atoms with Crippen LogP contribution < -0.4 is 4.74 Å². The Balaban J connectivity index is 2.10. The maximum absolute atomic E-state index is 11.5. The van der Waals surface area contributed by atoms with Crippen LogP contribution in [0.15, 0.2) is 53.4 Å². The van der Waals surface area contributed by atoms with E-state index in [0.717, 1.165) is 36.5 Å². The van der Waals surface area contributed by atoms with Gasteiger partial charge in [0.05, 0.1) is 11.5 Å². The number of benzene rings is 2. The van der Waals surface area contributed by atoms with Crippen molar-refractivity contribution in [2.75, 3.05) is 19.4 Å². The van der Waals surface area contributed by atoms with Crippen LogP contribution in [0.3, 0.4) is 0 Å². The van der Waals surface area contributed by atoms with Crippen molar-refractivity contribution in [1.82, 2.24) is 4.90 Å². The van der Waals surface area contributed by atoms with Crippen molar-refractivity contribution in [2.24, 2.45) is 0 Å². The SMILES string of the molecule is CCOc1ccccc1CN(CC)Cc1ccc(S(C)(=O)=O)cc1. The summed E-state index contributed by atoms with van der Waals surface area (Å²) in [6.45, 7) is 7.21. The van der Waals surface area contributed by atoms with Gasteiger partial charge in [-0.1, -0.05) is 37.3 Å². The number of rotatable bonds is 8. The summed E-state index contributed by atoms with van der Waals surface area (Å²) in [6.07, 6.45) is 1.23. The Morgan fingerprint density at radius 2 is 1.62 bits per heavy atom. The van der Waals surface area contributed by atoms with Crippen molar-refractivity contribution >= 4 is 9.84 Å². The molecule has 2 aromatic carbocycles. The molecule has 0 aliphatic carbocycles. The molecule has 0 aliphatic heterocycles. The van der Waals surface area contributed by atoms with Crippen LogP contribution in [0.25, 0.3) is 0 Å². The zero-order chi connectivity index (χ0) is 17.6. The monoisotopic (exact) mass is 347 g/mol. The van der Waals surface area contributed by atoms with E-state index in [4.69, 9.17) is 4.74 Å². The minimum Gasteiger partial charge on any atom is -0.494 e. The van der Waals surface area contributed by atoms with E-state index < -0.39 is 9.84 Å². The standard InChI is InChI=1S/C19H25NO3S/c1-4-20(15-17-8-6-7-9-19(17)23-5-2)14-16-10-12-18(13-11-16)24(3,21)22/h6-13H,4-5,14-15H2,1-3H3. The third-order valence-electron chi connectivity index (χ3n) is 3.87. The smallest absolute Gasteiger partial charge is 0.175 e. The molecular weight excluding hydrogens is 322 g/mol. The largest absolute Gasteiger partial charge is 0.494 e. The molecule has 0 radical (unpaired) electrons.